The number of carbonyl (C=O) groups is 1. The Hall–Kier alpha value is -3.60. The van der Waals surface area contributed by atoms with Gasteiger partial charge in [-0.25, -0.2) is 9.97 Å². The molecule has 2 N–H and O–H groups in total. The average Bonchev–Trinajstić information content (AvgIpc) is 3.52. The van der Waals surface area contributed by atoms with Crippen LogP contribution in [0.3, 0.4) is 0 Å². The van der Waals surface area contributed by atoms with Crippen LogP contribution in [0.1, 0.15) is 22.4 Å². The highest BCUT2D eigenvalue weighted by molar-refractivity contribution is 7.19. The van der Waals surface area contributed by atoms with E-state index in [1.165, 1.54) is 27.3 Å². The molecule has 4 heterocycles. The fourth-order valence-electron chi connectivity index (χ4n) is 5.80. The van der Waals surface area contributed by atoms with Crippen LogP contribution in [-0.4, -0.2) is 56.8 Å². The number of amides is 1. The Morgan fingerprint density at radius 3 is 2.74 bits per heavy atom. The molecule has 1 amide bonds. The predicted octanol–water partition coefficient (Wildman–Crippen LogP) is 4.79. The topological polar surface area (TPSA) is 94.2 Å². The number of nitrogens with zero attached hydrogens (tertiary/aromatic N) is 4. The van der Waals surface area contributed by atoms with Gasteiger partial charge in [0.1, 0.15) is 17.0 Å². The molecule has 0 saturated carbocycles. The van der Waals surface area contributed by atoms with Crippen LogP contribution in [0.5, 0.6) is 0 Å². The maximum Gasteiger partial charge on any atom is 0.305 e. The summed E-state index contributed by atoms with van der Waals surface area (Å²) in [5.74, 6) is 1.09. The highest BCUT2D eigenvalue weighted by Gasteiger charge is 2.33. The van der Waals surface area contributed by atoms with Crippen molar-refractivity contribution in [3.8, 4) is 0 Å². The zero-order chi connectivity index (χ0) is 26.3. The van der Waals surface area contributed by atoms with E-state index in [2.05, 4.69) is 54.3 Å². The first-order chi connectivity index (χ1) is 19.1. The summed E-state index contributed by atoms with van der Waals surface area (Å²) in [6.45, 7) is 4.35. The molecule has 1 atom stereocenters. The molecule has 1 saturated heterocycles. The molecule has 0 spiro atoms. The molecule has 39 heavy (non-hydrogen) atoms. The van der Waals surface area contributed by atoms with Crippen LogP contribution in [0.15, 0.2) is 59.7 Å². The van der Waals surface area contributed by atoms with Gasteiger partial charge in [0.2, 0.25) is 5.91 Å². The highest BCUT2D eigenvalue weighted by Crippen LogP contribution is 2.41. The Kier molecular flexibility index (Phi) is 6.38. The molecule has 1 aliphatic carbocycles. The van der Waals surface area contributed by atoms with E-state index >= 15 is 0 Å². The number of nitrogens with one attached hydrogen (secondary N) is 2. The van der Waals surface area contributed by atoms with Crippen molar-refractivity contribution in [2.24, 2.45) is 5.92 Å². The summed E-state index contributed by atoms with van der Waals surface area (Å²) in [6, 6.07) is 16.4. The lowest BCUT2D eigenvalue weighted by Crippen LogP contribution is -2.50. The van der Waals surface area contributed by atoms with E-state index in [1.807, 2.05) is 24.3 Å². The fraction of sp³-hybridized carbons (Fsp3) is 0.310. The van der Waals surface area contributed by atoms with Crippen molar-refractivity contribution in [1.29, 1.82) is 0 Å². The van der Waals surface area contributed by atoms with Gasteiger partial charge in [-0.1, -0.05) is 41.7 Å². The Labute approximate surface area is 233 Å². The van der Waals surface area contributed by atoms with Crippen molar-refractivity contribution in [3.05, 3.63) is 80.5 Å². The van der Waals surface area contributed by atoms with Gasteiger partial charge in [0.25, 0.3) is 0 Å². The number of hydrogen-bond acceptors (Lipinski definition) is 8. The highest BCUT2D eigenvalue weighted by atomic mass is 32.1. The van der Waals surface area contributed by atoms with Gasteiger partial charge in [-0.05, 0) is 48.6 Å². The number of aromatic nitrogens is 3. The summed E-state index contributed by atoms with van der Waals surface area (Å²) in [5.41, 5.74) is 4.31. The second-order valence-corrected chi connectivity index (χ2v) is 12.4. The van der Waals surface area contributed by atoms with E-state index in [1.54, 1.807) is 17.7 Å². The third-order valence-electron chi connectivity index (χ3n) is 7.81. The maximum absolute atomic E-state index is 13.5. The smallest absolute Gasteiger partial charge is 0.305 e. The van der Waals surface area contributed by atoms with Gasteiger partial charge >= 0.3 is 4.87 Å². The molecule has 2 aliphatic rings. The molecule has 0 bridgehead atoms. The first-order valence-corrected chi connectivity index (χ1v) is 14.9. The number of anilines is 2. The Morgan fingerprint density at radius 1 is 1.05 bits per heavy atom. The number of hydrogen-bond donors (Lipinski definition) is 2. The molecule has 3 aromatic heterocycles. The van der Waals surface area contributed by atoms with Crippen molar-refractivity contribution in [3.63, 3.8) is 0 Å². The molecule has 1 aliphatic heterocycles. The number of aromatic amines is 1. The number of rotatable bonds is 5. The first-order valence-electron chi connectivity index (χ1n) is 13.3. The second kappa shape index (κ2) is 10.2. The summed E-state index contributed by atoms with van der Waals surface area (Å²) in [7, 11) is 0. The molecule has 2 aromatic carbocycles. The van der Waals surface area contributed by atoms with Gasteiger partial charge in [0.05, 0.1) is 15.6 Å². The molecule has 5 aromatic rings. The van der Waals surface area contributed by atoms with Crippen LogP contribution in [0.4, 0.5) is 11.5 Å². The molecule has 198 valence electrons. The van der Waals surface area contributed by atoms with Crippen molar-refractivity contribution < 1.29 is 4.79 Å². The quantitative estimate of drug-likeness (QED) is 0.323. The SMILES string of the molecule is O=C(C1CCc2c(sc3ncnc(Nc4ccc5[nH]c(=O)sc5c4)c23)C1)N1CCN(Cc2ccccc2)CC1. The monoisotopic (exact) mass is 556 g/mol. The summed E-state index contributed by atoms with van der Waals surface area (Å²) in [6.07, 6.45) is 4.05. The molecular formula is C29H28N6O2S2. The zero-order valence-corrected chi connectivity index (χ0v) is 23.0. The lowest BCUT2D eigenvalue weighted by Gasteiger charge is -2.37. The lowest BCUT2D eigenvalue weighted by molar-refractivity contribution is -0.137. The Balaban J connectivity index is 1.05. The molecule has 8 nitrogen and oxygen atoms in total. The molecule has 1 fully saturated rings. The van der Waals surface area contributed by atoms with Crippen LogP contribution in [-0.2, 0) is 24.2 Å². The summed E-state index contributed by atoms with van der Waals surface area (Å²) >= 11 is 2.88. The number of piperazine rings is 1. The van der Waals surface area contributed by atoms with Crippen molar-refractivity contribution >= 4 is 60.5 Å². The largest absolute Gasteiger partial charge is 0.340 e. The molecule has 7 rings (SSSR count). The standard InChI is InChI=1S/C29H28N6O2S2/c36-28(35-12-10-34(11-13-35)16-18-4-2-1-3-5-18)19-6-8-21-23(14-19)38-27-25(21)26(30-17-31-27)32-20-7-9-22-24(15-20)39-29(37)33-22/h1-5,7,9,15,17,19H,6,8,10-14,16H2,(H,33,37)(H,30,31,32). The van der Waals surface area contributed by atoms with Gasteiger partial charge in [0.15, 0.2) is 0 Å². The van der Waals surface area contributed by atoms with E-state index in [-0.39, 0.29) is 10.8 Å². The van der Waals surface area contributed by atoms with Gasteiger partial charge in [0, 0.05) is 49.2 Å². The minimum absolute atomic E-state index is 0.0226. The third kappa shape index (κ3) is 4.84. The van der Waals surface area contributed by atoms with Gasteiger partial charge in [-0.2, -0.15) is 0 Å². The van der Waals surface area contributed by atoms with Crippen LogP contribution in [0.25, 0.3) is 20.4 Å². The molecule has 0 radical (unpaired) electrons. The summed E-state index contributed by atoms with van der Waals surface area (Å²) in [5, 5.41) is 4.51. The minimum atomic E-state index is -0.0587. The summed E-state index contributed by atoms with van der Waals surface area (Å²) < 4.78 is 0.907. The summed E-state index contributed by atoms with van der Waals surface area (Å²) in [4.78, 5) is 43.8. The van der Waals surface area contributed by atoms with Crippen LogP contribution < -0.4 is 10.2 Å². The minimum Gasteiger partial charge on any atom is -0.340 e. The van der Waals surface area contributed by atoms with Gasteiger partial charge in [-0.15, -0.1) is 11.3 Å². The van der Waals surface area contributed by atoms with Crippen LogP contribution in [0.2, 0.25) is 0 Å². The number of benzene rings is 2. The van der Waals surface area contributed by atoms with E-state index < -0.39 is 0 Å². The van der Waals surface area contributed by atoms with E-state index in [9.17, 15) is 9.59 Å². The van der Waals surface area contributed by atoms with Crippen molar-refractivity contribution in [2.45, 2.75) is 25.8 Å². The zero-order valence-electron chi connectivity index (χ0n) is 21.4. The second-order valence-electron chi connectivity index (χ2n) is 10.3. The average molecular weight is 557 g/mol. The van der Waals surface area contributed by atoms with Gasteiger partial charge in [-0.3, -0.25) is 14.5 Å². The van der Waals surface area contributed by atoms with E-state index in [4.69, 9.17) is 0 Å². The maximum atomic E-state index is 13.5. The van der Waals surface area contributed by atoms with Crippen LogP contribution in [0, 0.1) is 5.92 Å². The van der Waals surface area contributed by atoms with Crippen molar-refractivity contribution in [1.82, 2.24) is 24.8 Å². The number of aryl methyl sites for hydroxylation is 1. The van der Waals surface area contributed by atoms with Crippen LogP contribution >= 0.6 is 22.7 Å². The third-order valence-corrected chi connectivity index (χ3v) is 9.82. The fourth-order valence-corrected chi connectivity index (χ4v) is 7.84. The number of thiazole rings is 1. The first kappa shape index (κ1) is 24.4. The lowest BCUT2D eigenvalue weighted by atomic mass is 9.86. The Bertz CT molecular complexity index is 1720. The number of H-pyrrole nitrogens is 1. The number of fused-ring (bicyclic) bond motifs is 4. The molecule has 1 unspecified atom stereocenters. The number of thiophene rings is 1. The molecular weight excluding hydrogens is 528 g/mol. The van der Waals surface area contributed by atoms with Gasteiger partial charge < -0.3 is 15.2 Å². The van der Waals surface area contributed by atoms with Crippen molar-refractivity contribution in [2.75, 3.05) is 31.5 Å². The molecule has 10 heteroatoms. The normalized spacial score (nSPS) is 17.9. The van der Waals surface area contributed by atoms with E-state index in [0.29, 0.717) is 5.91 Å². The number of carbonyl (C=O) groups excluding carboxylic acids is 1. The predicted molar refractivity (Wildman–Crippen MR) is 157 cm³/mol. The van der Waals surface area contributed by atoms with E-state index in [0.717, 1.165) is 83.9 Å². The Morgan fingerprint density at radius 2 is 1.90 bits per heavy atom.